The number of methoxy groups -OCH3 is 1. The van der Waals surface area contributed by atoms with Crippen LogP contribution in [0.5, 0.6) is 5.75 Å². The van der Waals surface area contributed by atoms with E-state index in [1.54, 1.807) is 7.11 Å². The molecule has 19 heavy (non-hydrogen) atoms. The molecule has 3 atom stereocenters. The second-order valence-corrected chi connectivity index (χ2v) is 6.08. The van der Waals surface area contributed by atoms with Crippen LogP contribution in [0.4, 0.5) is 0 Å². The average molecular weight is 254 g/mol. The first-order valence-electron chi connectivity index (χ1n) is 7.13. The lowest BCUT2D eigenvalue weighted by Crippen LogP contribution is -2.43. The minimum Gasteiger partial charge on any atom is -0.496 e. The van der Waals surface area contributed by atoms with Crippen molar-refractivity contribution in [2.75, 3.05) is 7.11 Å². The molecule has 1 aromatic carbocycles. The van der Waals surface area contributed by atoms with Crippen molar-refractivity contribution in [1.29, 1.82) is 0 Å². The highest BCUT2D eigenvalue weighted by atomic mass is 16.5. The first kappa shape index (κ1) is 11.3. The topological polar surface area (TPSA) is 26.3 Å². The van der Waals surface area contributed by atoms with Crippen molar-refractivity contribution in [3.8, 4) is 5.75 Å². The van der Waals surface area contributed by atoms with Gasteiger partial charge in [-0.15, -0.1) is 0 Å². The molecule has 3 aliphatic carbocycles. The number of fused-ring (bicyclic) bond motifs is 5. The van der Waals surface area contributed by atoms with E-state index >= 15 is 0 Å². The molecule has 0 radical (unpaired) electrons. The van der Waals surface area contributed by atoms with Gasteiger partial charge in [0.1, 0.15) is 11.5 Å². The third-order valence-corrected chi connectivity index (χ3v) is 5.29. The van der Waals surface area contributed by atoms with E-state index in [0.29, 0.717) is 24.0 Å². The fourth-order valence-electron chi connectivity index (χ4n) is 4.54. The molecule has 3 unspecified atom stereocenters. The van der Waals surface area contributed by atoms with E-state index in [0.717, 1.165) is 25.0 Å². The van der Waals surface area contributed by atoms with Gasteiger partial charge in [0.2, 0.25) is 0 Å². The third kappa shape index (κ3) is 1.29. The second-order valence-electron chi connectivity index (χ2n) is 6.08. The minimum atomic E-state index is -0.278. The van der Waals surface area contributed by atoms with Gasteiger partial charge >= 0.3 is 0 Å². The van der Waals surface area contributed by atoms with Gasteiger partial charge in [-0.1, -0.05) is 24.3 Å². The summed E-state index contributed by atoms with van der Waals surface area (Å²) in [6.45, 7) is 0. The van der Waals surface area contributed by atoms with Gasteiger partial charge < -0.3 is 4.74 Å². The SMILES string of the molecule is COc1cccc2c1C1(CC3C=CC1C3)C(=O)CC2. The zero-order valence-electron chi connectivity index (χ0n) is 11.2. The molecule has 2 bridgehead atoms. The lowest BCUT2D eigenvalue weighted by Gasteiger charge is -2.40. The smallest absolute Gasteiger partial charge is 0.144 e. The molecule has 0 aromatic heterocycles. The number of benzene rings is 1. The number of Topliss-reactive ketones (excluding diaryl/α,β-unsaturated/α-hetero) is 1. The predicted molar refractivity (Wildman–Crippen MR) is 73.4 cm³/mol. The monoisotopic (exact) mass is 254 g/mol. The summed E-state index contributed by atoms with van der Waals surface area (Å²) in [5, 5.41) is 0. The van der Waals surface area contributed by atoms with E-state index in [2.05, 4.69) is 18.2 Å². The standard InChI is InChI=1S/C17H18O2/c1-19-14-4-2-3-12-6-8-15(18)17(16(12)14)10-11-5-7-13(17)9-11/h2-5,7,11,13H,6,8-10H2,1H3. The first-order valence-corrected chi connectivity index (χ1v) is 7.13. The number of ether oxygens (including phenoxy) is 1. The predicted octanol–water partition coefficient (Wildman–Crippen LogP) is 3.04. The molecular weight excluding hydrogens is 236 g/mol. The lowest BCUT2D eigenvalue weighted by atomic mass is 9.62. The van der Waals surface area contributed by atoms with E-state index < -0.39 is 0 Å². The third-order valence-electron chi connectivity index (χ3n) is 5.29. The van der Waals surface area contributed by atoms with Crippen molar-refractivity contribution in [2.24, 2.45) is 11.8 Å². The molecule has 1 aromatic rings. The van der Waals surface area contributed by atoms with Crippen LogP contribution in [0.1, 0.15) is 30.4 Å². The van der Waals surface area contributed by atoms with Crippen molar-refractivity contribution in [1.82, 2.24) is 0 Å². The number of aryl methyl sites for hydroxylation is 1. The van der Waals surface area contributed by atoms with Gasteiger partial charge in [0.05, 0.1) is 12.5 Å². The molecule has 0 saturated heterocycles. The molecule has 1 saturated carbocycles. The average Bonchev–Trinajstić information content (AvgIpc) is 3.04. The molecule has 0 heterocycles. The van der Waals surface area contributed by atoms with Gasteiger partial charge in [-0.3, -0.25) is 4.79 Å². The van der Waals surface area contributed by atoms with Crippen LogP contribution in [0.15, 0.2) is 30.4 Å². The van der Waals surface area contributed by atoms with Crippen LogP contribution in [0.2, 0.25) is 0 Å². The Kier molecular flexibility index (Phi) is 2.21. The zero-order valence-corrected chi connectivity index (χ0v) is 11.2. The molecule has 3 aliphatic rings. The number of hydrogen-bond acceptors (Lipinski definition) is 2. The highest BCUT2D eigenvalue weighted by molar-refractivity contribution is 5.94. The molecule has 2 nitrogen and oxygen atoms in total. The summed E-state index contributed by atoms with van der Waals surface area (Å²) in [6.07, 6.45) is 8.26. The van der Waals surface area contributed by atoms with E-state index in [-0.39, 0.29) is 5.41 Å². The summed E-state index contributed by atoms with van der Waals surface area (Å²) in [5.41, 5.74) is 2.24. The maximum absolute atomic E-state index is 12.7. The Bertz CT molecular complexity index is 573. The highest BCUT2D eigenvalue weighted by Gasteiger charge is 2.56. The molecule has 1 spiro atoms. The quantitative estimate of drug-likeness (QED) is 0.720. The highest BCUT2D eigenvalue weighted by Crippen LogP contribution is 2.58. The Morgan fingerprint density at radius 2 is 2.16 bits per heavy atom. The normalized spacial score (nSPS) is 34.9. The Morgan fingerprint density at radius 3 is 2.84 bits per heavy atom. The van der Waals surface area contributed by atoms with Crippen LogP contribution < -0.4 is 4.74 Å². The molecule has 2 heteroatoms. The van der Waals surface area contributed by atoms with Crippen molar-refractivity contribution in [3.63, 3.8) is 0 Å². The molecule has 4 rings (SSSR count). The molecular formula is C17H18O2. The van der Waals surface area contributed by atoms with Gasteiger partial charge in [-0.2, -0.15) is 0 Å². The van der Waals surface area contributed by atoms with Gasteiger partial charge in [0, 0.05) is 12.0 Å². The summed E-state index contributed by atoms with van der Waals surface area (Å²) in [6, 6.07) is 6.22. The van der Waals surface area contributed by atoms with Gasteiger partial charge in [-0.05, 0) is 42.7 Å². The molecule has 98 valence electrons. The van der Waals surface area contributed by atoms with E-state index in [9.17, 15) is 4.79 Å². The van der Waals surface area contributed by atoms with Crippen molar-refractivity contribution in [2.45, 2.75) is 31.1 Å². The number of ketones is 1. The Hall–Kier alpha value is -1.57. The van der Waals surface area contributed by atoms with Crippen LogP contribution in [0, 0.1) is 11.8 Å². The number of carbonyl (C=O) groups is 1. The van der Waals surface area contributed by atoms with Crippen molar-refractivity contribution >= 4 is 5.78 Å². The Balaban J connectivity index is 1.98. The number of rotatable bonds is 1. The summed E-state index contributed by atoms with van der Waals surface area (Å²) in [5.74, 6) is 2.32. The first-order chi connectivity index (χ1) is 9.25. The van der Waals surface area contributed by atoms with Gasteiger partial charge in [-0.25, -0.2) is 0 Å². The minimum absolute atomic E-state index is 0.278. The summed E-state index contributed by atoms with van der Waals surface area (Å²) < 4.78 is 5.58. The molecule has 0 aliphatic heterocycles. The number of carbonyl (C=O) groups excluding carboxylic acids is 1. The van der Waals surface area contributed by atoms with Crippen LogP contribution in [-0.2, 0) is 16.6 Å². The maximum Gasteiger partial charge on any atom is 0.144 e. The van der Waals surface area contributed by atoms with Gasteiger partial charge in [0.25, 0.3) is 0 Å². The maximum atomic E-state index is 12.7. The second kappa shape index (κ2) is 3.72. The van der Waals surface area contributed by atoms with Crippen LogP contribution in [0.3, 0.4) is 0 Å². The van der Waals surface area contributed by atoms with Crippen LogP contribution in [0.25, 0.3) is 0 Å². The fraction of sp³-hybridized carbons (Fsp3) is 0.471. The van der Waals surface area contributed by atoms with Crippen LogP contribution >= 0.6 is 0 Å². The summed E-state index contributed by atoms with van der Waals surface area (Å²) in [4.78, 5) is 12.7. The van der Waals surface area contributed by atoms with E-state index in [4.69, 9.17) is 4.74 Å². The molecule has 1 fully saturated rings. The Labute approximate surface area is 113 Å². The summed E-state index contributed by atoms with van der Waals surface area (Å²) in [7, 11) is 1.71. The lowest BCUT2D eigenvalue weighted by molar-refractivity contribution is -0.126. The van der Waals surface area contributed by atoms with Crippen LogP contribution in [-0.4, -0.2) is 12.9 Å². The molecule has 0 amide bonds. The Morgan fingerprint density at radius 1 is 1.26 bits per heavy atom. The number of allylic oxidation sites excluding steroid dienone is 2. The summed E-state index contributed by atoms with van der Waals surface area (Å²) >= 11 is 0. The van der Waals surface area contributed by atoms with Gasteiger partial charge in [0.15, 0.2) is 0 Å². The zero-order chi connectivity index (χ0) is 13.0. The molecule has 0 N–H and O–H groups in total. The largest absolute Gasteiger partial charge is 0.496 e. The van der Waals surface area contributed by atoms with Crippen molar-refractivity contribution < 1.29 is 9.53 Å². The van der Waals surface area contributed by atoms with E-state index in [1.165, 1.54) is 11.1 Å². The van der Waals surface area contributed by atoms with E-state index in [1.807, 2.05) is 12.1 Å². The van der Waals surface area contributed by atoms with Crippen molar-refractivity contribution in [3.05, 3.63) is 41.5 Å². The fourth-order valence-corrected chi connectivity index (χ4v) is 4.54. The number of hydrogen-bond donors (Lipinski definition) is 0.